The fourth-order valence-electron chi connectivity index (χ4n) is 1.64. The first-order chi connectivity index (χ1) is 9.12. The van der Waals surface area contributed by atoms with Crippen LogP contribution < -0.4 is 19.5 Å². The molecule has 4 nitrogen and oxygen atoms in total. The minimum atomic E-state index is 0.444. The third kappa shape index (κ3) is 4.48. The Morgan fingerprint density at radius 1 is 1.21 bits per heavy atom. The van der Waals surface area contributed by atoms with Gasteiger partial charge in [0, 0.05) is 6.54 Å². The minimum absolute atomic E-state index is 0.444. The van der Waals surface area contributed by atoms with Crippen molar-refractivity contribution >= 4 is 0 Å². The normalized spacial score (nSPS) is 10.1. The van der Waals surface area contributed by atoms with Crippen molar-refractivity contribution in [3.8, 4) is 17.2 Å². The molecule has 1 aromatic carbocycles. The number of nitrogens with one attached hydrogen (secondary N) is 1. The van der Waals surface area contributed by atoms with Crippen LogP contribution in [0, 0.1) is 0 Å². The first-order valence-corrected chi connectivity index (χ1v) is 6.35. The molecule has 0 saturated carbocycles. The van der Waals surface area contributed by atoms with Crippen LogP contribution in [0.25, 0.3) is 0 Å². The Hall–Kier alpha value is -1.68. The van der Waals surface area contributed by atoms with Gasteiger partial charge in [0.1, 0.15) is 6.61 Å². The maximum Gasteiger partial charge on any atom is 0.203 e. The smallest absolute Gasteiger partial charge is 0.203 e. The van der Waals surface area contributed by atoms with Gasteiger partial charge in [0.05, 0.1) is 14.2 Å². The van der Waals surface area contributed by atoms with Crippen LogP contribution >= 0.6 is 0 Å². The fraction of sp³-hybridized carbons (Fsp3) is 0.467. The quantitative estimate of drug-likeness (QED) is 0.734. The molecule has 0 amide bonds. The molecule has 106 valence electrons. The highest BCUT2D eigenvalue weighted by Gasteiger charge is 2.14. The number of benzene rings is 1. The van der Waals surface area contributed by atoms with E-state index in [-0.39, 0.29) is 0 Å². The van der Waals surface area contributed by atoms with Crippen LogP contribution in [-0.2, 0) is 6.54 Å². The molecule has 1 N–H and O–H groups in total. The van der Waals surface area contributed by atoms with Gasteiger partial charge in [0.15, 0.2) is 11.5 Å². The fourth-order valence-corrected chi connectivity index (χ4v) is 1.64. The minimum Gasteiger partial charge on any atom is -0.493 e. The van der Waals surface area contributed by atoms with Crippen LogP contribution in [0.2, 0.25) is 0 Å². The highest BCUT2D eigenvalue weighted by molar-refractivity contribution is 5.54. The van der Waals surface area contributed by atoms with E-state index in [0.29, 0.717) is 23.9 Å². The highest BCUT2D eigenvalue weighted by Crippen LogP contribution is 2.38. The summed E-state index contributed by atoms with van der Waals surface area (Å²) in [5, 5.41) is 3.27. The summed E-state index contributed by atoms with van der Waals surface area (Å²) in [6, 6.07) is 3.91. The average Bonchev–Trinajstić information content (AvgIpc) is 2.42. The summed E-state index contributed by atoms with van der Waals surface area (Å²) < 4.78 is 16.5. The number of methoxy groups -OCH3 is 2. The zero-order valence-electron chi connectivity index (χ0n) is 12.2. The van der Waals surface area contributed by atoms with E-state index in [0.717, 1.165) is 24.2 Å². The number of rotatable bonds is 8. The molecule has 0 aliphatic heterocycles. The van der Waals surface area contributed by atoms with Crippen molar-refractivity contribution in [1.82, 2.24) is 5.32 Å². The van der Waals surface area contributed by atoms with E-state index in [4.69, 9.17) is 14.2 Å². The van der Waals surface area contributed by atoms with E-state index in [1.165, 1.54) is 0 Å². The highest BCUT2D eigenvalue weighted by atomic mass is 16.5. The number of hydrogen-bond donors (Lipinski definition) is 1. The molecule has 0 atom stereocenters. The maximum atomic E-state index is 5.70. The zero-order valence-corrected chi connectivity index (χ0v) is 12.2. The second-order valence-corrected chi connectivity index (χ2v) is 4.36. The van der Waals surface area contributed by atoms with Gasteiger partial charge in [-0.3, -0.25) is 0 Å². The van der Waals surface area contributed by atoms with E-state index in [9.17, 15) is 0 Å². The Labute approximate surface area is 115 Å². The lowest BCUT2D eigenvalue weighted by Crippen LogP contribution is -2.12. The van der Waals surface area contributed by atoms with Crippen molar-refractivity contribution in [3.05, 3.63) is 29.8 Å². The molecule has 0 aliphatic rings. The van der Waals surface area contributed by atoms with Crippen molar-refractivity contribution in [2.45, 2.75) is 20.4 Å². The van der Waals surface area contributed by atoms with Gasteiger partial charge >= 0.3 is 0 Å². The molecule has 0 aliphatic carbocycles. The molecular formula is C15H23NO3. The predicted octanol–water partition coefficient (Wildman–Crippen LogP) is 2.77. The van der Waals surface area contributed by atoms with Gasteiger partial charge in [-0.15, -0.1) is 0 Å². The average molecular weight is 265 g/mol. The summed E-state index contributed by atoms with van der Waals surface area (Å²) in [7, 11) is 3.25. The van der Waals surface area contributed by atoms with Crippen molar-refractivity contribution in [2.75, 3.05) is 27.4 Å². The Bertz CT molecular complexity index is 404. The van der Waals surface area contributed by atoms with Gasteiger partial charge in [-0.25, -0.2) is 0 Å². The summed E-state index contributed by atoms with van der Waals surface area (Å²) >= 11 is 0. The molecule has 0 aromatic heterocycles. The first kappa shape index (κ1) is 15.4. The van der Waals surface area contributed by atoms with Crippen molar-refractivity contribution in [1.29, 1.82) is 0 Å². The lowest BCUT2D eigenvalue weighted by Gasteiger charge is -2.16. The molecule has 4 heteroatoms. The first-order valence-electron chi connectivity index (χ1n) is 6.35. The Kier molecular flexibility index (Phi) is 6.22. The molecule has 1 rings (SSSR count). The third-order valence-corrected chi connectivity index (χ3v) is 2.56. The SMILES string of the molecule is C=C(C)COc1c(OC)cc(CNCC)cc1OC. The van der Waals surface area contributed by atoms with E-state index in [1.54, 1.807) is 14.2 Å². The topological polar surface area (TPSA) is 39.7 Å². The van der Waals surface area contributed by atoms with E-state index < -0.39 is 0 Å². The molecule has 19 heavy (non-hydrogen) atoms. The van der Waals surface area contributed by atoms with Crippen LogP contribution in [0.5, 0.6) is 17.2 Å². The Morgan fingerprint density at radius 3 is 2.21 bits per heavy atom. The Balaban J connectivity index is 3.02. The van der Waals surface area contributed by atoms with E-state index >= 15 is 0 Å². The van der Waals surface area contributed by atoms with Gasteiger partial charge in [-0.2, -0.15) is 0 Å². The van der Waals surface area contributed by atoms with Gasteiger partial charge < -0.3 is 19.5 Å². The summed E-state index contributed by atoms with van der Waals surface area (Å²) in [4.78, 5) is 0. The van der Waals surface area contributed by atoms with E-state index in [1.807, 2.05) is 19.1 Å². The molecule has 0 saturated heterocycles. The van der Waals surface area contributed by atoms with Crippen molar-refractivity contribution in [3.63, 3.8) is 0 Å². The molecule has 1 aromatic rings. The van der Waals surface area contributed by atoms with E-state index in [2.05, 4.69) is 18.8 Å². The molecule has 0 unspecified atom stereocenters. The lowest BCUT2D eigenvalue weighted by molar-refractivity contribution is 0.295. The lowest BCUT2D eigenvalue weighted by atomic mass is 10.1. The summed E-state index contributed by atoms with van der Waals surface area (Å²) in [5.74, 6) is 1.97. The second kappa shape index (κ2) is 7.69. The summed E-state index contributed by atoms with van der Waals surface area (Å²) in [5.41, 5.74) is 2.04. The Morgan fingerprint density at radius 2 is 1.79 bits per heavy atom. The van der Waals surface area contributed by atoms with Crippen molar-refractivity contribution in [2.24, 2.45) is 0 Å². The summed E-state index contributed by atoms with van der Waals surface area (Å²) in [6.45, 7) is 9.93. The molecule has 0 fully saturated rings. The monoisotopic (exact) mass is 265 g/mol. The van der Waals surface area contributed by atoms with Crippen molar-refractivity contribution < 1.29 is 14.2 Å². The maximum absolute atomic E-state index is 5.70. The van der Waals surface area contributed by atoms with Gasteiger partial charge in [0.2, 0.25) is 5.75 Å². The largest absolute Gasteiger partial charge is 0.493 e. The van der Waals surface area contributed by atoms with Crippen LogP contribution in [0.1, 0.15) is 19.4 Å². The molecule has 0 bridgehead atoms. The van der Waals surface area contributed by atoms with Gasteiger partial charge in [-0.1, -0.05) is 13.5 Å². The molecule has 0 radical (unpaired) electrons. The second-order valence-electron chi connectivity index (χ2n) is 4.36. The predicted molar refractivity (Wildman–Crippen MR) is 77.2 cm³/mol. The zero-order chi connectivity index (χ0) is 14.3. The summed E-state index contributed by atoms with van der Waals surface area (Å²) in [6.07, 6.45) is 0. The van der Waals surface area contributed by atoms with Gasteiger partial charge in [-0.05, 0) is 36.7 Å². The number of hydrogen-bond acceptors (Lipinski definition) is 4. The third-order valence-electron chi connectivity index (χ3n) is 2.56. The van der Waals surface area contributed by atoms with Crippen LogP contribution in [0.15, 0.2) is 24.3 Å². The van der Waals surface area contributed by atoms with Crippen LogP contribution in [0.4, 0.5) is 0 Å². The molecule has 0 heterocycles. The van der Waals surface area contributed by atoms with Crippen LogP contribution in [-0.4, -0.2) is 27.4 Å². The molecule has 0 spiro atoms. The molecular weight excluding hydrogens is 242 g/mol. The van der Waals surface area contributed by atoms with Gasteiger partial charge in [0.25, 0.3) is 0 Å². The van der Waals surface area contributed by atoms with Crippen LogP contribution in [0.3, 0.4) is 0 Å². The number of ether oxygens (including phenoxy) is 3. The standard InChI is InChI=1S/C15H23NO3/c1-6-16-9-12-7-13(17-4)15(14(8-12)18-5)19-10-11(2)3/h7-8,16H,2,6,9-10H2,1,3-5H3.